The van der Waals surface area contributed by atoms with Gasteiger partial charge in [0.1, 0.15) is 4.21 Å². The minimum atomic E-state index is -3.85. The van der Waals surface area contributed by atoms with E-state index in [-0.39, 0.29) is 26.7 Å². The van der Waals surface area contributed by atoms with E-state index in [1.165, 1.54) is 6.26 Å². The molecule has 0 aliphatic rings. The number of thiophene rings is 1. The summed E-state index contributed by atoms with van der Waals surface area (Å²) >= 11 is 0.800. The highest BCUT2D eigenvalue weighted by Crippen LogP contribution is 2.36. The molecular formula is C10H17N3O5S3. The number of rotatable bonds is 8. The number of anilines is 1. The molecule has 1 aromatic heterocycles. The molecule has 2 unspecified atom stereocenters. The molecule has 0 saturated heterocycles. The highest BCUT2D eigenvalue weighted by atomic mass is 32.2. The Morgan fingerprint density at radius 3 is 2.62 bits per heavy atom. The van der Waals surface area contributed by atoms with Gasteiger partial charge in [-0.15, -0.1) is 0 Å². The third-order valence-corrected chi connectivity index (χ3v) is 6.90. The van der Waals surface area contributed by atoms with Crippen LogP contribution >= 0.6 is 11.3 Å². The van der Waals surface area contributed by atoms with Crippen LogP contribution < -0.4 is 10.0 Å². The first-order chi connectivity index (χ1) is 9.69. The van der Waals surface area contributed by atoms with Crippen molar-refractivity contribution in [3.8, 4) is 0 Å². The van der Waals surface area contributed by atoms with E-state index in [4.69, 9.17) is 0 Å². The molecule has 0 fully saturated rings. The molecule has 11 heteroatoms. The van der Waals surface area contributed by atoms with Crippen molar-refractivity contribution in [3.63, 3.8) is 0 Å². The Hall–Kier alpha value is -1.04. The average Bonchev–Trinajstić information content (AvgIpc) is 2.81. The summed E-state index contributed by atoms with van der Waals surface area (Å²) in [6, 6.07) is 1.03. The van der Waals surface area contributed by atoms with Gasteiger partial charge in [-0.2, -0.15) is 0 Å². The molecule has 0 bridgehead atoms. The fourth-order valence-electron chi connectivity index (χ4n) is 1.33. The van der Waals surface area contributed by atoms with Crippen LogP contribution in [0.15, 0.2) is 10.3 Å². The number of hydrogen-bond acceptors (Lipinski definition) is 7. The topological polar surface area (TPSA) is 118 Å². The maximum atomic E-state index is 12.1. The quantitative estimate of drug-likeness (QED) is 0.533. The number of hydrogen-bond donors (Lipinski definition) is 2. The molecule has 0 aliphatic heterocycles. The van der Waals surface area contributed by atoms with E-state index in [0.717, 1.165) is 17.4 Å². The second-order valence-corrected chi connectivity index (χ2v) is 9.08. The zero-order valence-electron chi connectivity index (χ0n) is 11.8. The van der Waals surface area contributed by atoms with Crippen LogP contribution in [0.4, 0.5) is 10.7 Å². The Kier molecular flexibility index (Phi) is 6.25. The number of nitrogens with one attached hydrogen (secondary N) is 2. The van der Waals surface area contributed by atoms with E-state index >= 15 is 0 Å². The fourth-order valence-corrected chi connectivity index (χ4v) is 4.32. The molecule has 1 heterocycles. The molecule has 2 atom stereocenters. The van der Waals surface area contributed by atoms with Crippen LogP contribution in [-0.2, 0) is 20.8 Å². The summed E-state index contributed by atoms with van der Waals surface area (Å²) in [7, 11) is -5.01. The minimum absolute atomic E-state index is 0.00762. The van der Waals surface area contributed by atoms with E-state index in [0.29, 0.717) is 6.54 Å². The molecule has 0 amide bonds. The van der Waals surface area contributed by atoms with Crippen LogP contribution in [0.2, 0.25) is 0 Å². The van der Waals surface area contributed by atoms with Crippen LogP contribution in [0.3, 0.4) is 0 Å². The molecular weight excluding hydrogens is 338 g/mol. The molecule has 1 aromatic rings. The molecule has 0 saturated carbocycles. The van der Waals surface area contributed by atoms with Gasteiger partial charge < -0.3 is 5.32 Å². The summed E-state index contributed by atoms with van der Waals surface area (Å²) < 4.78 is 37.6. The lowest BCUT2D eigenvalue weighted by molar-refractivity contribution is -0.383. The first-order valence-electron chi connectivity index (χ1n) is 6.03. The Morgan fingerprint density at radius 2 is 2.14 bits per heavy atom. The van der Waals surface area contributed by atoms with E-state index in [9.17, 15) is 22.7 Å². The molecule has 8 nitrogen and oxygen atoms in total. The predicted octanol–water partition coefficient (Wildman–Crippen LogP) is 1.13. The molecule has 0 spiro atoms. The second-order valence-electron chi connectivity index (χ2n) is 4.23. The highest BCUT2D eigenvalue weighted by molar-refractivity contribution is 7.91. The maximum absolute atomic E-state index is 12.1. The monoisotopic (exact) mass is 355 g/mol. The van der Waals surface area contributed by atoms with Gasteiger partial charge in [0, 0.05) is 41.5 Å². The lowest BCUT2D eigenvalue weighted by Crippen LogP contribution is -2.32. The van der Waals surface area contributed by atoms with Crippen LogP contribution in [0.1, 0.15) is 13.8 Å². The van der Waals surface area contributed by atoms with Gasteiger partial charge in [0.15, 0.2) is 5.00 Å². The molecule has 120 valence electrons. The Balaban J connectivity index is 3.00. The first-order valence-corrected chi connectivity index (χ1v) is 9.95. The summed E-state index contributed by atoms with van der Waals surface area (Å²) in [4.78, 5) is 10.3. The lowest BCUT2D eigenvalue weighted by Gasteiger charge is -2.09. The number of nitro groups is 1. The van der Waals surface area contributed by atoms with Gasteiger partial charge in [0.05, 0.1) is 4.92 Å². The summed E-state index contributed by atoms with van der Waals surface area (Å²) in [5, 5.41) is 13.5. The van der Waals surface area contributed by atoms with Crippen LogP contribution in [-0.4, -0.2) is 42.1 Å². The van der Waals surface area contributed by atoms with Crippen molar-refractivity contribution in [2.75, 3.05) is 24.7 Å². The Morgan fingerprint density at radius 1 is 1.52 bits per heavy atom. The lowest BCUT2D eigenvalue weighted by atomic mass is 10.5. The van der Waals surface area contributed by atoms with Crippen molar-refractivity contribution in [1.29, 1.82) is 0 Å². The third kappa shape index (κ3) is 4.73. The number of nitrogens with zero attached hydrogens (tertiary/aromatic N) is 1. The van der Waals surface area contributed by atoms with E-state index in [1.807, 2.05) is 0 Å². The zero-order chi connectivity index (χ0) is 16.2. The summed E-state index contributed by atoms with van der Waals surface area (Å²) in [6.07, 6.45) is 1.48. The molecule has 0 aromatic carbocycles. The van der Waals surface area contributed by atoms with Gasteiger partial charge in [-0.1, -0.05) is 11.3 Å². The van der Waals surface area contributed by atoms with Crippen LogP contribution in [0.25, 0.3) is 0 Å². The average molecular weight is 355 g/mol. The molecule has 2 N–H and O–H groups in total. The third-order valence-electron chi connectivity index (χ3n) is 2.62. The minimum Gasteiger partial charge on any atom is -0.372 e. The predicted molar refractivity (Wildman–Crippen MR) is 83.9 cm³/mol. The summed E-state index contributed by atoms with van der Waals surface area (Å²) in [6.45, 7) is 3.86. The Bertz CT molecular complexity index is 640. The standard InChI is InChI=1S/C10H17N3O5S3/c1-4-11-10-8(13(14)15)5-9(19-10)21(17,18)12-6-7(2)20(3)16/h5,7,11-12H,4,6H2,1-3H3. The normalized spacial score (nSPS) is 14.6. The number of sulfonamides is 1. The first kappa shape index (κ1) is 18.0. The van der Waals surface area contributed by atoms with Crippen molar-refractivity contribution in [3.05, 3.63) is 16.2 Å². The smallest absolute Gasteiger partial charge is 0.304 e. The molecule has 1 rings (SSSR count). The molecule has 0 aliphatic carbocycles. The van der Waals surface area contributed by atoms with Crippen molar-refractivity contribution in [2.24, 2.45) is 0 Å². The van der Waals surface area contributed by atoms with Crippen molar-refractivity contribution < 1.29 is 17.6 Å². The van der Waals surface area contributed by atoms with E-state index in [1.54, 1.807) is 13.8 Å². The van der Waals surface area contributed by atoms with Crippen LogP contribution in [0, 0.1) is 10.1 Å². The highest BCUT2D eigenvalue weighted by Gasteiger charge is 2.26. The van der Waals surface area contributed by atoms with Gasteiger partial charge in [0.2, 0.25) is 10.0 Å². The Labute approximate surface area is 129 Å². The largest absolute Gasteiger partial charge is 0.372 e. The zero-order valence-corrected chi connectivity index (χ0v) is 14.2. The van der Waals surface area contributed by atoms with Gasteiger partial charge in [0.25, 0.3) is 0 Å². The fraction of sp³-hybridized carbons (Fsp3) is 0.600. The van der Waals surface area contributed by atoms with Crippen molar-refractivity contribution in [2.45, 2.75) is 23.3 Å². The van der Waals surface area contributed by atoms with Gasteiger partial charge in [-0.3, -0.25) is 14.3 Å². The SMILES string of the molecule is CCNc1sc(S(=O)(=O)NCC(C)S(C)=O)cc1[N+](=O)[O-]. The van der Waals surface area contributed by atoms with Gasteiger partial charge in [-0.05, 0) is 13.8 Å². The second kappa shape index (κ2) is 7.29. The summed E-state index contributed by atoms with van der Waals surface area (Å²) in [5.41, 5.74) is -0.269. The molecule has 21 heavy (non-hydrogen) atoms. The maximum Gasteiger partial charge on any atom is 0.304 e. The summed E-state index contributed by atoms with van der Waals surface area (Å²) in [5.74, 6) is 0. The van der Waals surface area contributed by atoms with Gasteiger partial charge in [-0.25, -0.2) is 13.1 Å². The van der Waals surface area contributed by atoms with Gasteiger partial charge >= 0.3 is 5.69 Å². The molecule has 0 radical (unpaired) electrons. The van der Waals surface area contributed by atoms with Crippen molar-refractivity contribution in [1.82, 2.24) is 4.72 Å². The van der Waals surface area contributed by atoms with Crippen LogP contribution in [0.5, 0.6) is 0 Å². The van der Waals surface area contributed by atoms with E-state index in [2.05, 4.69) is 10.0 Å². The van der Waals surface area contributed by atoms with Crippen molar-refractivity contribution >= 4 is 42.8 Å². The van der Waals surface area contributed by atoms with E-state index < -0.39 is 25.7 Å².